The van der Waals surface area contributed by atoms with Crippen molar-refractivity contribution in [2.24, 2.45) is 0 Å². The minimum atomic E-state index is 0.630. The van der Waals surface area contributed by atoms with E-state index in [1.807, 2.05) is 0 Å². The molecule has 0 amide bonds. The molecule has 1 heterocycles. The summed E-state index contributed by atoms with van der Waals surface area (Å²) in [4.78, 5) is 0. The van der Waals surface area contributed by atoms with E-state index in [0.29, 0.717) is 6.42 Å². The first kappa shape index (κ1) is 9.79. The lowest BCUT2D eigenvalue weighted by Crippen LogP contribution is -1.95. The summed E-state index contributed by atoms with van der Waals surface area (Å²) in [6, 6.07) is 10.8. The predicted molar refractivity (Wildman–Crippen MR) is 61.5 cm³/mol. The molecule has 1 aromatic heterocycles. The summed E-state index contributed by atoms with van der Waals surface area (Å²) in [5.41, 5.74) is 2.55. The summed E-state index contributed by atoms with van der Waals surface area (Å²) in [6.45, 7) is 3.03. The van der Waals surface area contributed by atoms with Crippen LogP contribution in [0.2, 0.25) is 0 Å². The number of benzene rings is 1. The molecule has 15 heavy (non-hydrogen) atoms. The third kappa shape index (κ3) is 2.02. The summed E-state index contributed by atoms with van der Waals surface area (Å²) in [5, 5.41) is 9.77. The first-order chi connectivity index (χ1) is 7.31. The number of unbranched alkanes of at least 4 members (excludes halogenated alkanes) is 1. The molecule has 76 valence electrons. The lowest BCUT2D eigenvalue weighted by atomic mass is 10.2. The van der Waals surface area contributed by atoms with Gasteiger partial charge in [0.25, 0.3) is 0 Å². The Bertz CT molecular complexity index is 503. The molecule has 1 aromatic carbocycles. The van der Waals surface area contributed by atoms with Crippen LogP contribution in [0.3, 0.4) is 0 Å². The smallest absolute Gasteiger partial charge is 0.0622 e. The van der Waals surface area contributed by atoms with Crippen molar-refractivity contribution >= 4 is 10.9 Å². The average Bonchev–Trinajstić information content (AvgIpc) is 2.62. The van der Waals surface area contributed by atoms with Crippen molar-refractivity contribution in [3.63, 3.8) is 0 Å². The van der Waals surface area contributed by atoms with Crippen molar-refractivity contribution < 1.29 is 0 Å². The first-order valence-corrected chi connectivity index (χ1v) is 5.24. The fraction of sp³-hybridized carbons (Fsp3) is 0.308. The van der Waals surface area contributed by atoms with Crippen LogP contribution in [0, 0.1) is 18.3 Å². The second-order valence-corrected chi connectivity index (χ2v) is 3.83. The highest BCUT2D eigenvalue weighted by Gasteiger charge is 2.00. The van der Waals surface area contributed by atoms with E-state index < -0.39 is 0 Å². The van der Waals surface area contributed by atoms with Gasteiger partial charge in [0.05, 0.1) is 6.07 Å². The number of nitrogens with zero attached hydrogens (tertiary/aromatic N) is 2. The standard InChI is InChI=1S/C13H14N2/c1-11-4-5-12-6-9-15(13(12)10-11)8-3-2-7-14/h4-6,9-10H,2-3,8H2,1H3. The highest BCUT2D eigenvalue weighted by molar-refractivity contribution is 5.80. The van der Waals surface area contributed by atoms with Gasteiger partial charge in [-0.2, -0.15) is 5.26 Å². The molecule has 0 unspecified atom stereocenters. The van der Waals surface area contributed by atoms with Gasteiger partial charge in [0.15, 0.2) is 0 Å². The van der Waals surface area contributed by atoms with Crippen LogP contribution in [0.4, 0.5) is 0 Å². The summed E-state index contributed by atoms with van der Waals surface area (Å²) >= 11 is 0. The molecule has 0 aliphatic carbocycles. The summed E-state index contributed by atoms with van der Waals surface area (Å²) < 4.78 is 2.22. The molecular weight excluding hydrogens is 184 g/mol. The molecule has 0 spiro atoms. The zero-order valence-electron chi connectivity index (χ0n) is 8.90. The summed E-state index contributed by atoms with van der Waals surface area (Å²) in [5.74, 6) is 0. The maximum Gasteiger partial charge on any atom is 0.0622 e. The van der Waals surface area contributed by atoms with Gasteiger partial charge in [0.1, 0.15) is 0 Å². The van der Waals surface area contributed by atoms with Crippen LogP contribution in [0.25, 0.3) is 10.9 Å². The Balaban J connectivity index is 2.28. The molecule has 0 bridgehead atoms. The number of fused-ring (bicyclic) bond motifs is 1. The zero-order chi connectivity index (χ0) is 10.7. The number of rotatable bonds is 3. The number of aryl methyl sites for hydroxylation is 2. The molecule has 0 radical (unpaired) electrons. The third-order valence-corrected chi connectivity index (χ3v) is 2.62. The quantitative estimate of drug-likeness (QED) is 0.696. The lowest BCUT2D eigenvalue weighted by molar-refractivity contribution is 0.674. The number of aromatic nitrogens is 1. The van der Waals surface area contributed by atoms with Gasteiger partial charge in [-0.25, -0.2) is 0 Å². The molecule has 0 saturated carbocycles. The predicted octanol–water partition coefficient (Wildman–Crippen LogP) is 3.25. The van der Waals surface area contributed by atoms with E-state index in [4.69, 9.17) is 5.26 Å². The first-order valence-electron chi connectivity index (χ1n) is 5.24. The Labute approximate surface area is 89.7 Å². The fourth-order valence-corrected chi connectivity index (χ4v) is 1.82. The second-order valence-electron chi connectivity index (χ2n) is 3.83. The highest BCUT2D eigenvalue weighted by Crippen LogP contribution is 2.17. The van der Waals surface area contributed by atoms with Gasteiger partial charge in [-0.3, -0.25) is 0 Å². The van der Waals surface area contributed by atoms with E-state index in [0.717, 1.165) is 13.0 Å². The van der Waals surface area contributed by atoms with Crippen LogP contribution >= 0.6 is 0 Å². The molecule has 0 N–H and O–H groups in total. The molecule has 2 aromatic rings. The highest BCUT2D eigenvalue weighted by atomic mass is 14.9. The van der Waals surface area contributed by atoms with Crippen molar-refractivity contribution in [1.29, 1.82) is 5.26 Å². The Kier molecular flexibility index (Phi) is 2.73. The Morgan fingerprint density at radius 3 is 3.00 bits per heavy atom. The molecule has 0 fully saturated rings. The molecule has 2 rings (SSSR count). The summed E-state index contributed by atoms with van der Waals surface area (Å²) in [7, 11) is 0. The minimum Gasteiger partial charge on any atom is -0.347 e. The van der Waals surface area contributed by atoms with Gasteiger partial charge in [0.2, 0.25) is 0 Å². The Morgan fingerprint density at radius 1 is 1.33 bits per heavy atom. The van der Waals surface area contributed by atoms with E-state index in [-0.39, 0.29) is 0 Å². The van der Waals surface area contributed by atoms with Gasteiger partial charge < -0.3 is 4.57 Å². The SMILES string of the molecule is Cc1ccc2ccn(CCCC#N)c2c1. The minimum absolute atomic E-state index is 0.630. The van der Waals surface area contributed by atoms with Crippen LogP contribution in [-0.2, 0) is 6.54 Å². The van der Waals surface area contributed by atoms with Crippen molar-refractivity contribution in [2.75, 3.05) is 0 Å². The van der Waals surface area contributed by atoms with Gasteiger partial charge in [-0.05, 0) is 36.4 Å². The van der Waals surface area contributed by atoms with Crippen LogP contribution in [0.5, 0.6) is 0 Å². The van der Waals surface area contributed by atoms with Gasteiger partial charge in [0, 0.05) is 24.7 Å². The Hall–Kier alpha value is -1.75. The van der Waals surface area contributed by atoms with Crippen molar-refractivity contribution in [2.45, 2.75) is 26.3 Å². The average molecular weight is 198 g/mol. The molecule has 2 heteroatoms. The lowest BCUT2D eigenvalue weighted by Gasteiger charge is -2.03. The van der Waals surface area contributed by atoms with E-state index in [9.17, 15) is 0 Å². The molecule has 0 aliphatic rings. The maximum atomic E-state index is 8.49. The molecular formula is C13H14N2. The van der Waals surface area contributed by atoms with Gasteiger partial charge in [-0.15, -0.1) is 0 Å². The normalized spacial score (nSPS) is 10.4. The third-order valence-electron chi connectivity index (χ3n) is 2.62. The second kappa shape index (κ2) is 4.18. The van der Waals surface area contributed by atoms with E-state index in [1.165, 1.54) is 16.5 Å². The fourth-order valence-electron chi connectivity index (χ4n) is 1.82. The number of hydrogen-bond donors (Lipinski definition) is 0. The topological polar surface area (TPSA) is 28.7 Å². The van der Waals surface area contributed by atoms with Crippen molar-refractivity contribution in [3.05, 3.63) is 36.0 Å². The van der Waals surface area contributed by atoms with Crippen molar-refractivity contribution in [1.82, 2.24) is 4.57 Å². The number of hydrogen-bond acceptors (Lipinski definition) is 1. The molecule has 0 saturated heterocycles. The molecule has 0 atom stereocenters. The van der Waals surface area contributed by atoms with Gasteiger partial charge >= 0.3 is 0 Å². The van der Waals surface area contributed by atoms with Crippen LogP contribution in [-0.4, -0.2) is 4.57 Å². The molecule has 2 nitrogen and oxygen atoms in total. The van der Waals surface area contributed by atoms with Gasteiger partial charge in [-0.1, -0.05) is 12.1 Å². The van der Waals surface area contributed by atoms with E-state index >= 15 is 0 Å². The van der Waals surface area contributed by atoms with E-state index in [1.54, 1.807) is 0 Å². The van der Waals surface area contributed by atoms with Crippen LogP contribution in [0.1, 0.15) is 18.4 Å². The monoisotopic (exact) mass is 198 g/mol. The van der Waals surface area contributed by atoms with Crippen LogP contribution in [0.15, 0.2) is 30.5 Å². The van der Waals surface area contributed by atoms with Crippen LogP contribution < -0.4 is 0 Å². The summed E-state index contributed by atoms with van der Waals surface area (Å²) in [6.07, 6.45) is 3.65. The Morgan fingerprint density at radius 2 is 2.20 bits per heavy atom. The molecule has 0 aliphatic heterocycles. The largest absolute Gasteiger partial charge is 0.347 e. The van der Waals surface area contributed by atoms with E-state index in [2.05, 4.69) is 48.0 Å². The number of nitriles is 1. The van der Waals surface area contributed by atoms with Crippen molar-refractivity contribution in [3.8, 4) is 6.07 Å². The maximum absolute atomic E-state index is 8.49. The zero-order valence-corrected chi connectivity index (χ0v) is 8.90.